The molecule has 6 heteroatoms. The first kappa shape index (κ1) is 11.9. The molecule has 0 saturated carbocycles. The van der Waals surface area contributed by atoms with E-state index in [0.717, 1.165) is 10.7 Å². The minimum atomic E-state index is -0.287. The van der Waals surface area contributed by atoms with E-state index in [-0.39, 0.29) is 11.2 Å². The van der Waals surface area contributed by atoms with Crippen LogP contribution in [0, 0.1) is 0 Å². The third-order valence-corrected chi connectivity index (χ3v) is 3.24. The first-order valence-electron chi connectivity index (χ1n) is 5.33. The topological polar surface area (TPSA) is 56.5 Å². The molecule has 5 nitrogen and oxygen atoms in total. The summed E-state index contributed by atoms with van der Waals surface area (Å²) < 4.78 is 6.82. The molecule has 0 bridgehead atoms. The van der Waals surface area contributed by atoms with E-state index in [1.165, 1.54) is 11.8 Å². The van der Waals surface area contributed by atoms with Crippen LogP contribution in [0.25, 0.3) is 5.65 Å². The van der Waals surface area contributed by atoms with E-state index < -0.39 is 0 Å². The maximum Gasteiger partial charge on any atom is 0.319 e. The van der Waals surface area contributed by atoms with Gasteiger partial charge in [0, 0.05) is 24.8 Å². The summed E-state index contributed by atoms with van der Waals surface area (Å²) in [6.45, 7) is 3.99. The fourth-order valence-electron chi connectivity index (χ4n) is 1.39. The Morgan fingerprint density at radius 3 is 2.88 bits per heavy atom. The van der Waals surface area contributed by atoms with Gasteiger partial charge in [-0.25, -0.2) is 9.97 Å². The lowest BCUT2D eigenvalue weighted by atomic mass is 10.5. The molecule has 17 heavy (non-hydrogen) atoms. The molecule has 2 aromatic rings. The van der Waals surface area contributed by atoms with Crippen molar-refractivity contribution in [3.63, 3.8) is 0 Å². The number of hydrogen-bond donors (Lipinski definition) is 0. The number of ether oxygens (including phenoxy) is 1. The molecule has 0 radical (unpaired) electrons. The number of thioether (sulfide) groups is 1. The summed E-state index contributed by atoms with van der Waals surface area (Å²) in [7, 11) is 0. The van der Waals surface area contributed by atoms with Gasteiger partial charge in [0.05, 0.1) is 6.61 Å². The Morgan fingerprint density at radius 2 is 2.18 bits per heavy atom. The van der Waals surface area contributed by atoms with E-state index in [0.29, 0.717) is 6.61 Å². The number of imidazole rings is 1. The second-order valence-corrected chi connectivity index (χ2v) is 4.73. The molecule has 0 spiro atoms. The lowest BCUT2D eigenvalue weighted by Gasteiger charge is -2.09. The van der Waals surface area contributed by atoms with Crippen molar-refractivity contribution in [3.05, 3.63) is 24.8 Å². The molecule has 2 rings (SSSR count). The van der Waals surface area contributed by atoms with E-state index in [1.807, 2.05) is 16.8 Å². The average Bonchev–Trinajstić information content (AvgIpc) is 2.78. The van der Waals surface area contributed by atoms with E-state index >= 15 is 0 Å². The SMILES string of the molecule is CCOC(=O)[C@@H](C)Sc1nccn2ccnc12. The number of fused-ring (bicyclic) bond motifs is 1. The van der Waals surface area contributed by atoms with E-state index in [4.69, 9.17) is 4.74 Å². The number of esters is 1. The van der Waals surface area contributed by atoms with Crippen molar-refractivity contribution in [3.8, 4) is 0 Å². The highest BCUT2D eigenvalue weighted by Crippen LogP contribution is 2.24. The van der Waals surface area contributed by atoms with Crippen LogP contribution in [0.3, 0.4) is 0 Å². The molecule has 0 amide bonds. The van der Waals surface area contributed by atoms with Crippen LogP contribution in [0.2, 0.25) is 0 Å². The maximum atomic E-state index is 11.5. The Bertz CT molecular complexity index is 526. The number of carbonyl (C=O) groups excluding carboxylic acids is 1. The average molecular weight is 251 g/mol. The summed E-state index contributed by atoms with van der Waals surface area (Å²) in [6.07, 6.45) is 7.06. The largest absolute Gasteiger partial charge is 0.465 e. The van der Waals surface area contributed by atoms with Crippen molar-refractivity contribution >= 4 is 23.4 Å². The highest BCUT2D eigenvalue weighted by molar-refractivity contribution is 8.00. The van der Waals surface area contributed by atoms with Crippen LogP contribution in [0.5, 0.6) is 0 Å². The molecular weight excluding hydrogens is 238 g/mol. The Hall–Kier alpha value is -1.56. The van der Waals surface area contributed by atoms with Gasteiger partial charge in [0.1, 0.15) is 10.3 Å². The molecule has 0 unspecified atom stereocenters. The van der Waals surface area contributed by atoms with Crippen molar-refractivity contribution < 1.29 is 9.53 Å². The van der Waals surface area contributed by atoms with Crippen LogP contribution in [-0.2, 0) is 9.53 Å². The van der Waals surface area contributed by atoms with Gasteiger partial charge in [-0.15, -0.1) is 0 Å². The molecule has 2 heterocycles. The van der Waals surface area contributed by atoms with Crippen LogP contribution >= 0.6 is 11.8 Å². The zero-order valence-electron chi connectivity index (χ0n) is 9.66. The number of rotatable bonds is 4. The summed E-state index contributed by atoms with van der Waals surface area (Å²) in [4.78, 5) is 20.0. The highest BCUT2D eigenvalue weighted by Gasteiger charge is 2.18. The predicted molar refractivity (Wildman–Crippen MR) is 64.9 cm³/mol. The Kier molecular flexibility index (Phi) is 3.63. The Balaban J connectivity index is 2.18. The van der Waals surface area contributed by atoms with Crippen LogP contribution in [0.15, 0.2) is 29.8 Å². The number of carbonyl (C=O) groups is 1. The van der Waals surface area contributed by atoms with Gasteiger partial charge in [-0.1, -0.05) is 11.8 Å². The zero-order chi connectivity index (χ0) is 12.3. The smallest absolute Gasteiger partial charge is 0.319 e. The lowest BCUT2D eigenvalue weighted by Crippen LogP contribution is -2.17. The first-order valence-corrected chi connectivity index (χ1v) is 6.21. The van der Waals surface area contributed by atoms with E-state index in [2.05, 4.69) is 9.97 Å². The van der Waals surface area contributed by atoms with Gasteiger partial charge in [-0.2, -0.15) is 0 Å². The van der Waals surface area contributed by atoms with E-state index in [1.54, 1.807) is 26.2 Å². The third-order valence-electron chi connectivity index (χ3n) is 2.19. The van der Waals surface area contributed by atoms with Gasteiger partial charge in [-0.3, -0.25) is 4.79 Å². The van der Waals surface area contributed by atoms with Crippen molar-refractivity contribution in [1.82, 2.24) is 14.4 Å². The minimum absolute atomic E-state index is 0.229. The van der Waals surface area contributed by atoms with Crippen LogP contribution < -0.4 is 0 Å². The highest BCUT2D eigenvalue weighted by atomic mass is 32.2. The van der Waals surface area contributed by atoms with Crippen molar-refractivity contribution in [1.29, 1.82) is 0 Å². The molecule has 90 valence electrons. The zero-order valence-corrected chi connectivity index (χ0v) is 10.5. The fraction of sp³-hybridized carbons (Fsp3) is 0.364. The van der Waals surface area contributed by atoms with Crippen molar-refractivity contribution in [2.24, 2.45) is 0 Å². The van der Waals surface area contributed by atoms with Crippen LogP contribution in [-0.4, -0.2) is 32.2 Å². The summed E-state index contributed by atoms with van der Waals surface area (Å²) in [5.41, 5.74) is 0.758. The summed E-state index contributed by atoms with van der Waals surface area (Å²) in [5, 5.41) is 0.448. The fourth-order valence-corrected chi connectivity index (χ4v) is 2.27. The van der Waals surface area contributed by atoms with Gasteiger partial charge in [0.2, 0.25) is 0 Å². The standard InChI is InChI=1S/C11H13N3O2S/c1-3-16-11(15)8(2)17-10-9-12-4-6-14(9)7-5-13-10/h4-8H,3H2,1-2H3/t8-/m1/s1. The molecule has 0 fully saturated rings. The Morgan fingerprint density at radius 1 is 1.47 bits per heavy atom. The summed E-state index contributed by atoms with van der Waals surface area (Å²) in [5.74, 6) is -0.229. The molecule has 0 aliphatic carbocycles. The lowest BCUT2D eigenvalue weighted by molar-refractivity contribution is -0.142. The number of hydrogen-bond acceptors (Lipinski definition) is 5. The molecule has 0 aliphatic rings. The quantitative estimate of drug-likeness (QED) is 0.612. The Labute approximate surface area is 103 Å². The number of aromatic nitrogens is 3. The van der Waals surface area contributed by atoms with Gasteiger partial charge in [0.15, 0.2) is 5.65 Å². The summed E-state index contributed by atoms with van der Waals surface area (Å²) in [6, 6.07) is 0. The van der Waals surface area contributed by atoms with E-state index in [9.17, 15) is 4.79 Å². The molecule has 0 saturated heterocycles. The molecule has 0 aromatic carbocycles. The molecule has 1 atom stereocenters. The van der Waals surface area contributed by atoms with Gasteiger partial charge in [0.25, 0.3) is 0 Å². The first-order chi connectivity index (χ1) is 8.22. The minimum Gasteiger partial charge on any atom is -0.465 e. The third kappa shape index (κ3) is 2.58. The predicted octanol–water partition coefficient (Wildman–Crippen LogP) is 1.77. The van der Waals surface area contributed by atoms with Gasteiger partial charge in [-0.05, 0) is 13.8 Å². The maximum absolute atomic E-state index is 11.5. The van der Waals surface area contributed by atoms with Crippen molar-refractivity contribution in [2.45, 2.75) is 24.1 Å². The monoisotopic (exact) mass is 251 g/mol. The molecule has 0 aliphatic heterocycles. The van der Waals surface area contributed by atoms with Gasteiger partial charge >= 0.3 is 5.97 Å². The molecular formula is C11H13N3O2S. The molecule has 0 N–H and O–H groups in total. The number of nitrogens with zero attached hydrogens (tertiary/aromatic N) is 3. The normalized spacial score (nSPS) is 12.6. The van der Waals surface area contributed by atoms with Crippen molar-refractivity contribution in [2.75, 3.05) is 6.61 Å². The second kappa shape index (κ2) is 5.18. The summed E-state index contributed by atoms with van der Waals surface area (Å²) >= 11 is 1.36. The molecule has 2 aromatic heterocycles. The van der Waals surface area contributed by atoms with Crippen LogP contribution in [0.1, 0.15) is 13.8 Å². The van der Waals surface area contributed by atoms with Gasteiger partial charge < -0.3 is 9.14 Å². The van der Waals surface area contributed by atoms with Crippen LogP contribution in [0.4, 0.5) is 0 Å². The second-order valence-electron chi connectivity index (χ2n) is 3.40.